The van der Waals surface area contributed by atoms with Crippen molar-refractivity contribution in [2.45, 2.75) is 29.4 Å². The van der Waals surface area contributed by atoms with E-state index in [2.05, 4.69) is 9.97 Å². The SMILES string of the molecule is CC(N)Cc1ccc(Sc2nccc(=O)[nH]2)cc1. The molecule has 1 unspecified atom stereocenters. The highest BCUT2D eigenvalue weighted by atomic mass is 32.2. The van der Waals surface area contributed by atoms with Crippen LogP contribution in [0.2, 0.25) is 0 Å². The number of benzene rings is 1. The van der Waals surface area contributed by atoms with E-state index in [1.54, 1.807) is 0 Å². The molecule has 0 amide bonds. The summed E-state index contributed by atoms with van der Waals surface area (Å²) in [7, 11) is 0. The molecule has 0 radical (unpaired) electrons. The first-order valence-electron chi connectivity index (χ1n) is 5.71. The van der Waals surface area contributed by atoms with E-state index in [1.165, 1.54) is 29.6 Å². The summed E-state index contributed by atoms with van der Waals surface area (Å²) in [5.74, 6) is 0. The predicted molar refractivity (Wildman–Crippen MR) is 72.8 cm³/mol. The summed E-state index contributed by atoms with van der Waals surface area (Å²) in [5, 5.41) is 0.599. The second-order valence-corrected chi connectivity index (χ2v) is 5.23. The van der Waals surface area contributed by atoms with E-state index in [9.17, 15) is 4.79 Å². The van der Waals surface area contributed by atoms with Crippen molar-refractivity contribution in [1.82, 2.24) is 9.97 Å². The van der Waals surface area contributed by atoms with Gasteiger partial charge >= 0.3 is 0 Å². The third-order valence-corrected chi connectivity index (χ3v) is 3.25. The molecule has 3 N–H and O–H groups in total. The molecule has 1 heterocycles. The number of nitrogens with one attached hydrogen (secondary N) is 1. The molecule has 18 heavy (non-hydrogen) atoms. The van der Waals surface area contributed by atoms with Crippen LogP contribution in [0.15, 0.2) is 51.4 Å². The highest BCUT2D eigenvalue weighted by Crippen LogP contribution is 2.23. The van der Waals surface area contributed by atoms with Crippen molar-refractivity contribution in [2.24, 2.45) is 5.73 Å². The summed E-state index contributed by atoms with van der Waals surface area (Å²) in [6.07, 6.45) is 2.37. The quantitative estimate of drug-likeness (QED) is 0.823. The van der Waals surface area contributed by atoms with E-state index in [0.29, 0.717) is 5.16 Å². The summed E-state index contributed by atoms with van der Waals surface area (Å²) in [6, 6.07) is 9.68. The van der Waals surface area contributed by atoms with Crippen LogP contribution < -0.4 is 11.3 Å². The number of H-pyrrole nitrogens is 1. The van der Waals surface area contributed by atoms with Crippen LogP contribution in [0.3, 0.4) is 0 Å². The number of nitrogens with zero attached hydrogens (tertiary/aromatic N) is 1. The zero-order valence-corrected chi connectivity index (χ0v) is 10.9. The smallest absolute Gasteiger partial charge is 0.251 e. The average Bonchev–Trinajstić information content (AvgIpc) is 2.31. The van der Waals surface area contributed by atoms with Crippen molar-refractivity contribution >= 4 is 11.8 Å². The number of rotatable bonds is 4. The van der Waals surface area contributed by atoms with Crippen LogP contribution in [-0.2, 0) is 6.42 Å². The molecule has 0 aliphatic carbocycles. The van der Waals surface area contributed by atoms with Gasteiger partial charge in [0.1, 0.15) is 0 Å². The molecule has 0 bridgehead atoms. The summed E-state index contributed by atoms with van der Waals surface area (Å²) < 4.78 is 0. The molecule has 0 aliphatic rings. The van der Waals surface area contributed by atoms with Gasteiger partial charge in [-0.25, -0.2) is 4.98 Å². The van der Waals surface area contributed by atoms with Gasteiger partial charge in [0, 0.05) is 23.2 Å². The third-order valence-electron chi connectivity index (χ3n) is 2.34. The van der Waals surface area contributed by atoms with Gasteiger partial charge in [0.05, 0.1) is 0 Å². The van der Waals surface area contributed by atoms with Gasteiger partial charge in [-0.15, -0.1) is 0 Å². The van der Waals surface area contributed by atoms with Crippen molar-refractivity contribution in [3.05, 3.63) is 52.4 Å². The predicted octanol–water partition coefficient (Wildman–Crippen LogP) is 1.81. The second kappa shape index (κ2) is 5.84. The first-order chi connectivity index (χ1) is 8.63. The van der Waals surface area contributed by atoms with Crippen molar-refractivity contribution in [2.75, 3.05) is 0 Å². The average molecular weight is 261 g/mol. The topological polar surface area (TPSA) is 71.8 Å². The molecule has 1 aromatic carbocycles. The molecule has 1 aromatic heterocycles. The Hall–Kier alpha value is -1.59. The van der Waals surface area contributed by atoms with Gasteiger partial charge in [-0.1, -0.05) is 23.9 Å². The monoisotopic (exact) mass is 261 g/mol. The minimum atomic E-state index is -0.138. The zero-order valence-electron chi connectivity index (χ0n) is 10.1. The van der Waals surface area contributed by atoms with Crippen molar-refractivity contribution in [3.63, 3.8) is 0 Å². The Kier molecular flexibility index (Phi) is 4.17. The zero-order chi connectivity index (χ0) is 13.0. The van der Waals surface area contributed by atoms with E-state index in [1.807, 2.05) is 31.2 Å². The van der Waals surface area contributed by atoms with Gasteiger partial charge in [0.15, 0.2) is 5.16 Å². The Morgan fingerprint density at radius 1 is 1.33 bits per heavy atom. The van der Waals surface area contributed by atoms with Crippen molar-refractivity contribution < 1.29 is 0 Å². The second-order valence-electron chi connectivity index (χ2n) is 4.17. The molecule has 0 fully saturated rings. The molecule has 1 atom stereocenters. The lowest BCUT2D eigenvalue weighted by molar-refractivity contribution is 0.737. The van der Waals surface area contributed by atoms with Crippen molar-refractivity contribution in [3.8, 4) is 0 Å². The largest absolute Gasteiger partial charge is 0.328 e. The minimum Gasteiger partial charge on any atom is -0.328 e. The highest BCUT2D eigenvalue weighted by molar-refractivity contribution is 7.99. The standard InChI is InChI=1S/C13H15N3OS/c1-9(14)8-10-2-4-11(5-3-10)18-13-15-7-6-12(17)16-13/h2-7,9H,8,14H2,1H3,(H,15,16,17). The maximum absolute atomic E-state index is 11.1. The van der Waals surface area contributed by atoms with Gasteiger partial charge in [-0.2, -0.15) is 0 Å². The van der Waals surface area contributed by atoms with E-state index in [0.717, 1.165) is 11.3 Å². The van der Waals surface area contributed by atoms with Crippen LogP contribution in [0, 0.1) is 0 Å². The van der Waals surface area contributed by atoms with Gasteiger partial charge in [0.2, 0.25) is 0 Å². The summed E-state index contributed by atoms with van der Waals surface area (Å²) >= 11 is 1.43. The Morgan fingerprint density at radius 3 is 2.67 bits per heavy atom. The molecular weight excluding hydrogens is 246 g/mol. The third kappa shape index (κ3) is 3.72. The Balaban J connectivity index is 2.08. The molecule has 0 aliphatic heterocycles. The van der Waals surface area contributed by atoms with Gasteiger partial charge in [-0.05, 0) is 31.0 Å². The Labute approximate surface area is 110 Å². The van der Waals surface area contributed by atoms with Crippen molar-refractivity contribution in [1.29, 1.82) is 0 Å². The lowest BCUT2D eigenvalue weighted by Crippen LogP contribution is -2.17. The highest BCUT2D eigenvalue weighted by Gasteiger charge is 2.01. The van der Waals surface area contributed by atoms with Gasteiger partial charge in [-0.3, -0.25) is 4.79 Å². The lowest BCUT2D eigenvalue weighted by Gasteiger charge is -2.06. The van der Waals surface area contributed by atoms with Crippen LogP contribution in [0.1, 0.15) is 12.5 Å². The molecule has 2 rings (SSSR count). The van der Waals surface area contributed by atoms with Gasteiger partial charge in [0.25, 0.3) is 5.56 Å². The fourth-order valence-corrected chi connectivity index (χ4v) is 2.34. The molecule has 2 aromatic rings. The normalized spacial score (nSPS) is 12.3. The molecule has 94 valence electrons. The maximum atomic E-state index is 11.1. The number of aromatic nitrogens is 2. The Bertz CT molecular complexity index is 563. The number of nitrogens with two attached hydrogens (primary N) is 1. The molecule has 0 spiro atoms. The first kappa shape index (κ1) is 12.9. The summed E-state index contributed by atoms with van der Waals surface area (Å²) in [5.41, 5.74) is 6.82. The molecule has 0 saturated heterocycles. The van der Waals surface area contributed by atoms with E-state index in [4.69, 9.17) is 5.73 Å². The summed E-state index contributed by atoms with van der Waals surface area (Å²) in [4.78, 5) is 18.9. The number of hydrogen-bond donors (Lipinski definition) is 2. The fourth-order valence-electron chi connectivity index (χ4n) is 1.58. The maximum Gasteiger partial charge on any atom is 0.251 e. The van der Waals surface area contributed by atoms with Crippen LogP contribution in [0.4, 0.5) is 0 Å². The number of aromatic amines is 1. The van der Waals surface area contributed by atoms with Crippen LogP contribution in [0.5, 0.6) is 0 Å². The van der Waals surface area contributed by atoms with Crippen LogP contribution in [-0.4, -0.2) is 16.0 Å². The summed E-state index contributed by atoms with van der Waals surface area (Å²) in [6.45, 7) is 1.99. The first-order valence-corrected chi connectivity index (χ1v) is 6.53. The Morgan fingerprint density at radius 2 is 2.06 bits per heavy atom. The van der Waals surface area contributed by atoms with Gasteiger partial charge < -0.3 is 10.7 Å². The minimum absolute atomic E-state index is 0.138. The van der Waals surface area contributed by atoms with Crippen LogP contribution in [0.25, 0.3) is 0 Å². The molecule has 0 saturated carbocycles. The fraction of sp³-hybridized carbons (Fsp3) is 0.231. The molecular formula is C13H15N3OS. The number of hydrogen-bond acceptors (Lipinski definition) is 4. The van der Waals surface area contributed by atoms with Crippen LogP contribution >= 0.6 is 11.8 Å². The van der Waals surface area contributed by atoms with E-state index < -0.39 is 0 Å². The molecule has 5 heteroatoms. The molecule has 4 nitrogen and oxygen atoms in total. The van der Waals surface area contributed by atoms with E-state index in [-0.39, 0.29) is 11.6 Å². The lowest BCUT2D eigenvalue weighted by atomic mass is 10.1. The van der Waals surface area contributed by atoms with E-state index >= 15 is 0 Å².